The highest BCUT2D eigenvalue weighted by Crippen LogP contribution is 2.36. The van der Waals surface area contributed by atoms with Crippen molar-refractivity contribution in [3.05, 3.63) is 121 Å². The van der Waals surface area contributed by atoms with Gasteiger partial charge in [-0.15, -0.1) is 0 Å². The lowest BCUT2D eigenvalue weighted by Crippen LogP contribution is -2.47. The number of hydrogen-bond acceptors (Lipinski definition) is 3. The monoisotopic (exact) mass is 545 g/mol. The largest absolute Gasteiger partial charge is 0.394 e. The molecule has 0 saturated carbocycles. The van der Waals surface area contributed by atoms with Crippen molar-refractivity contribution < 1.29 is 10.2 Å². The van der Waals surface area contributed by atoms with Gasteiger partial charge in [0.15, 0.2) is 0 Å². The Morgan fingerprint density at radius 1 is 0.429 bits per heavy atom. The summed E-state index contributed by atoms with van der Waals surface area (Å²) in [6, 6.07) is 42.5. The van der Waals surface area contributed by atoms with Gasteiger partial charge in [-0.05, 0) is 154 Å². The minimum absolute atomic E-state index is 0.237. The van der Waals surface area contributed by atoms with Gasteiger partial charge in [0.05, 0.1) is 18.8 Å². The molecule has 0 aromatic heterocycles. The van der Waals surface area contributed by atoms with E-state index in [-0.39, 0.29) is 13.2 Å². The second kappa shape index (κ2) is 9.50. The van der Waals surface area contributed by atoms with Crippen molar-refractivity contribution in [3.8, 4) is 0 Å². The normalized spacial score (nSPS) is 12.5. The van der Waals surface area contributed by atoms with Gasteiger partial charge >= 0.3 is 0 Å². The highest BCUT2D eigenvalue weighted by molar-refractivity contribution is 6.17. The second-order valence-electron chi connectivity index (χ2n) is 12.0. The molecule has 4 N–H and O–H groups in total. The van der Waals surface area contributed by atoms with E-state index in [1.54, 1.807) is 0 Å². The second-order valence-corrected chi connectivity index (χ2v) is 12.0. The highest BCUT2D eigenvalue weighted by Gasteiger charge is 2.23. The molecule has 0 radical (unpaired) electrons. The van der Waals surface area contributed by atoms with Crippen molar-refractivity contribution in [1.29, 1.82) is 0 Å². The number of aliphatic hydroxyl groups is 2. The van der Waals surface area contributed by atoms with Gasteiger partial charge in [-0.2, -0.15) is 0 Å². The van der Waals surface area contributed by atoms with Crippen LogP contribution in [0.1, 0.15) is 12.0 Å². The molecule has 0 bridgehead atoms. The van der Waals surface area contributed by atoms with E-state index in [1.165, 1.54) is 81.0 Å². The Bertz CT molecular complexity index is 2350. The molecule has 0 spiro atoms. The lowest BCUT2D eigenvalue weighted by Gasteiger charge is -2.24. The Morgan fingerprint density at radius 3 is 1.36 bits per heavy atom. The van der Waals surface area contributed by atoms with Gasteiger partial charge in [0.25, 0.3) is 0 Å². The third-order valence-corrected chi connectivity index (χ3v) is 9.18. The number of nitrogens with two attached hydrogens (primary N) is 1. The maximum absolute atomic E-state index is 9.65. The minimum Gasteiger partial charge on any atom is -0.394 e. The van der Waals surface area contributed by atoms with Crippen LogP contribution in [0.3, 0.4) is 0 Å². The summed E-state index contributed by atoms with van der Waals surface area (Å²) in [5.74, 6) is 0. The number of aryl methyl sites for hydroxylation is 1. The molecular formula is C39H31NO2. The van der Waals surface area contributed by atoms with Gasteiger partial charge in [-0.3, -0.25) is 0 Å². The summed E-state index contributed by atoms with van der Waals surface area (Å²) in [6.07, 6.45) is 1.20. The molecule has 0 aliphatic heterocycles. The first-order chi connectivity index (χ1) is 20.5. The van der Waals surface area contributed by atoms with E-state index in [0.717, 1.165) is 0 Å². The fourth-order valence-corrected chi connectivity index (χ4v) is 6.65. The summed E-state index contributed by atoms with van der Waals surface area (Å²) < 4.78 is 0. The van der Waals surface area contributed by atoms with Crippen LogP contribution in [0.15, 0.2) is 115 Å². The van der Waals surface area contributed by atoms with Gasteiger partial charge in [-0.1, -0.05) is 54.6 Å². The topological polar surface area (TPSA) is 66.5 Å². The SMILES string of the molecule is NC(CO)(CO)CCc1cccc2cc3cc4c(ccc5cc6cc7cc8ccccc8cc7cc6cc54)cc3cc12. The smallest absolute Gasteiger partial charge is 0.0633 e. The summed E-state index contributed by atoms with van der Waals surface area (Å²) in [4.78, 5) is 0. The first-order valence-electron chi connectivity index (χ1n) is 14.6. The predicted octanol–water partition coefficient (Wildman–Crippen LogP) is 8.37. The zero-order chi connectivity index (χ0) is 28.4. The van der Waals surface area contributed by atoms with E-state index in [4.69, 9.17) is 5.73 Å². The van der Waals surface area contributed by atoms with Crippen molar-refractivity contribution in [1.82, 2.24) is 0 Å². The summed E-state index contributed by atoms with van der Waals surface area (Å²) in [6.45, 7) is -0.473. The molecule has 0 amide bonds. The number of aliphatic hydroxyl groups excluding tert-OH is 2. The number of rotatable bonds is 5. The van der Waals surface area contributed by atoms with Crippen LogP contribution in [0.2, 0.25) is 0 Å². The zero-order valence-electron chi connectivity index (χ0n) is 23.3. The number of hydrogen-bond donors (Lipinski definition) is 3. The van der Waals surface area contributed by atoms with Gasteiger partial charge in [0.2, 0.25) is 0 Å². The van der Waals surface area contributed by atoms with Crippen molar-refractivity contribution >= 4 is 75.4 Å². The van der Waals surface area contributed by atoms with E-state index in [0.29, 0.717) is 12.8 Å². The van der Waals surface area contributed by atoms with E-state index in [2.05, 4.69) is 115 Å². The van der Waals surface area contributed by atoms with Crippen LogP contribution in [-0.2, 0) is 6.42 Å². The summed E-state index contributed by atoms with van der Waals surface area (Å²) >= 11 is 0. The van der Waals surface area contributed by atoms with Crippen molar-refractivity contribution in [2.24, 2.45) is 5.73 Å². The van der Waals surface area contributed by atoms with E-state index in [9.17, 15) is 10.2 Å². The molecule has 0 atom stereocenters. The summed E-state index contributed by atoms with van der Waals surface area (Å²) in [7, 11) is 0. The van der Waals surface area contributed by atoms with Crippen molar-refractivity contribution in [2.45, 2.75) is 18.4 Å². The molecule has 0 heterocycles. The van der Waals surface area contributed by atoms with E-state index in [1.807, 2.05) is 0 Å². The first-order valence-corrected chi connectivity index (χ1v) is 14.6. The molecule has 0 aliphatic rings. The molecule has 3 heteroatoms. The minimum atomic E-state index is -0.972. The average Bonchev–Trinajstić information content (AvgIpc) is 3.02. The molecule has 0 aliphatic carbocycles. The molecule has 0 unspecified atom stereocenters. The van der Waals surface area contributed by atoms with Crippen molar-refractivity contribution in [3.63, 3.8) is 0 Å². The quantitative estimate of drug-likeness (QED) is 0.150. The van der Waals surface area contributed by atoms with Gasteiger partial charge in [-0.25, -0.2) is 0 Å². The lowest BCUT2D eigenvalue weighted by atomic mass is 9.90. The Kier molecular flexibility index (Phi) is 5.70. The molecule has 0 fully saturated rings. The summed E-state index contributed by atoms with van der Waals surface area (Å²) in [5, 5.41) is 36.6. The molecule has 3 nitrogen and oxygen atoms in total. The van der Waals surface area contributed by atoms with Crippen LogP contribution in [-0.4, -0.2) is 29.0 Å². The van der Waals surface area contributed by atoms with Crippen LogP contribution < -0.4 is 5.73 Å². The van der Waals surface area contributed by atoms with Crippen LogP contribution in [0.25, 0.3) is 75.4 Å². The van der Waals surface area contributed by atoms with E-state index < -0.39 is 5.54 Å². The molecule has 0 saturated heterocycles. The zero-order valence-corrected chi connectivity index (χ0v) is 23.3. The van der Waals surface area contributed by atoms with Gasteiger partial charge in [0.1, 0.15) is 0 Å². The molecule has 204 valence electrons. The Balaban J connectivity index is 1.29. The fourth-order valence-electron chi connectivity index (χ4n) is 6.65. The van der Waals surface area contributed by atoms with Crippen LogP contribution >= 0.6 is 0 Å². The molecule has 8 aromatic carbocycles. The molecular weight excluding hydrogens is 514 g/mol. The third-order valence-electron chi connectivity index (χ3n) is 9.18. The fraction of sp³-hybridized carbons (Fsp3) is 0.128. The number of benzene rings is 8. The maximum Gasteiger partial charge on any atom is 0.0633 e. The molecule has 42 heavy (non-hydrogen) atoms. The van der Waals surface area contributed by atoms with Crippen LogP contribution in [0.4, 0.5) is 0 Å². The van der Waals surface area contributed by atoms with Crippen molar-refractivity contribution in [2.75, 3.05) is 13.2 Å². The van der Waals surface area contributed by atoms with Crippen LogP contribution in [0, 0.1) is 0 Å². The first kappa shape index (κ1) is 25.2. The third kappa shape index (κ3) is 4.09. The Hall–Kier alpha value is -4.54. The maximum atomic E-state index is 9.65. The molecule has 8 aromatic rings. The Morgan fingerprint density at radius 2 is 0.833 bits per heavy atom. The standard InChI is InChI=1S/C39H31NO2/c40-39(22-41,23-42)11-10-24-6-3-7-27-14-34-20-37-29(16-33(34)19-36(24)27)9-8-28-15-32-17-30-12-25-4-1-2-5-26(25)13-31(30)18-35(32)21-38(28)37/h1-9,12-21,41-42H,10-11,22-23,40H2. The Labute approximate surface area is 243 Å². The average molecular weight is 546 g/mol. The van der Waals surface area contributed by atoms with Gasteiger partial charge < -0.3 is 15.9 Å². The predicted molar refractivity (Wildman–Crippen MR) is 178 cm³/mol. The van der Waals surface area contributed by atoms with E-state index >= 15 is 0 Å². The molecule has 8 rings (SSSR count). The summed E-state index contributed by atoms with van der Waals surface area (Å²) in [5.41, 5.74) is 6.38. The number of fused-ring (bicyclic) bond motifs is 8. The highest BCUT2D eigenvalue weighted by atomic mass is 16.3. The lowest BCUT2D eigenvalue weighted by molar-refractivity contribution is 0.115. The van der Waals surface area contributed by atoms with Crippen LogP contribution in [0.5, 0.6) is 0 Å². The van der Waals surface area contributed by atoms with Gasteiger partial charge in [0, 0.05) is 0 Å².